The minimum Gasteiger partial charge on any atom is -0.292 e. The Bertz CT molecular complexity index is 1230. The van der Waals surface area contributed by atoms with Gasteiger partial charge in [0.1, 0.15) is 6.04 Å². The summed E-state index contributed by atoms with van der Waals surface area (Å²) >= 11 is 3.34. The molecule has 4 atom stereocenters. The van der Waals surface area contributed by atoms with Gasteiger partial charge in [0.25, 0.3) is 5.69 Å². The molecule has 4 unspecified atom stereocenters. The summed E-state index contributed by atoms with van der Waals surface area (Å²) in [5.41, 5.74) is 0.291. The number of carbonyl (C=O) groups is 3. The van der Waals surface area contributed by atoms with Gasteiger partial charge in [-0.1, -0.05) is 34.1 Å². The molecule has 2 amide bonds. The van der Waals surface area contributed by atoms with Gasteiger partial charge in [-0.05, 0) is 30.3 Å². The number of allylic oxidation sites excluding steroid dienone is 1. The van der Waals surface area contributed by atoms with Crippen molar-refractivity contribution in [3.8, 4) is 0 Å². The second-order valence-corrected chi connectivity index (χ2v) is 8.59. The number of Topliss-reactive ketones (excluding diaryl/α,β-unsaturated/α-hetero) is 1. The number of imide groups is 1. The van der Waals surface area contributed by atoms with Crippen molar-refractivity contribution in [3.63, 3.8) is 0 Å². The molecule has 3 aliphatic heterocycles. The molecule has 0 N–H and O–H groups in total. The SMILES string of the molecule is O=C(c1cccc([N+](=O)[O-])c1)C1C2C(=O)N(c3ccc(Br)cc3)C(=O)C2C2C=CC=NN21. The standard InChI is InChI=1S/C22H15BrN4O5/c23-13-6-8-14(9-7-13)25-21(29)17-16-5-2-10-24-26(16)19(18(17)22(25)30)20(28)12-3-1-4-15(11-12)27(31)32/h1-11,16-19H. The first-order chi connectivity index (χ1) is 15.4. The quantitative estimate of drug-likeness (QED) is 0.279. The van der Waals surface area contributed by atoms with Gasteiger partial charge in [-0.15, -0.1) is 0 Å². The molecule has 5 rings (SSSR count). The predicted octanol–water partition coefficient (Wildman–Crippen LogP) is 2.95. The number of ketones is 1. The summed E-state index contributed by atoms with van der Waals surface area (Å²) in [5, 5.41) is 16.9. The lowest BCUT2D eigenvalue weighted by Gasteiger charge is -2.30. The second-order valence-electron chi connectivity index (χ2n) is 7.68. The molecule has 0 bridgehead atoms. The fourth-order valence-corrected chi connectivity index (χ4v) is 4.89. The van der Waals surface area contributed by atoms with E-state index in [-0.39, 0.29) is 11.3 Å². The maximum absolute atomic E-state index is 13.5. The van der Waals surface area contributed by atoms with E-state index < -0.39 is 46.4 Å². The van der Waals surface area contributed by atoms with E-state index >= 15 is 0 Å². The molecule has 0 saturated carbocycles. The van der Waals surface area contributed by atoms with Crippen molar-refractivity contribution in [2.24, 2.45) is 16.9 Å². The lowest BCUT2D eigenvalue weighted by Crippen LogP contribution is -2.46. The molecule has 10 heteroatoms. The van der Waals surface area contributed by atoms with Gasteiger partial charge in [-0.25, -0.2) is 4.90 Å². The number of benzene rings is 2. The molecule has 160 valence electrons. The molecule has 32 heavy (non-hydrogen) atoms. The maximum atomic E-state index is 13.5. The number of anilines is 1. The zero-order valence-electron chi connectivity index (χ0n) is 16.4. The predicted molar refractivity (Wildman–Crippen MR) is 118 cm³/mol. The van der Waals surface area contributed by atoms with Crippen LogP contribution in [0.4, 0.5) is 11.4 Å². The van der Waals surface area contributed by atoms with Gasteiger partial charge in [-0.2, -0.15) is 5.10 Å². The van der Waals surface area contributed by atoms with E-state index in [0.29, 0.717) is 5.69 Å². The van der Waals surface area contributed by atoms with Gasteiger partial charge in [0.2, 0.25) is 11.8 Å². The Morgan fingerprint density at radius 3 is 2.50 bits per heavy atom. The van der Waals surface area contributed by atoms with E-state index in [1.165, 1.54) is 35.5 Å². The number of nitrogens with zero attached hydrogens (tertiary/aromatic N) is 4. The molecule has 3 heterocycles. The van der Waals surface area contributed by atoms with Crippen LogP contribution in [0.3, 0.4) is 0 Å². The molecule has 0 aromatic heterocycles. The molecule has 0 spiro atoms. The minimum absolute atomic E-state index is 0.0932. The number of non-ortho nitro benzene ring substituents is 1. The number of carbonyl (C=O) groups excluding carboxylic acids is 3. The van der Waals surface area contributed by atoms with Crippen molar-refractivity contribution in [3.05, 3.63) is 80.8 Å². The van der Waals surface area contributed by atoms with E-state index in [0.717, 1.165) is 9.37 Å². The summed E-state index contributed by atoms with van der Waals surface area (Å²) in [6.07, 6.45) is 4.92. The Morgan fingerprint density at radius 1 is 1.06 bits per heavy atom. The summed E-state index contributed by atoms with van der Waals surface area (Å²) in [7, 11) is 0. The molecule has 2 fully saturated rings. The number of nitro benzene ring substituents is 1. The molecule has 2 saturated heterocycles. The second kappa shape index (κ2) is 7.49. The van der Waals surface area contributed by atoms with Crippen LogP contribution in [-0.4, -0.2) is 45.8 Å². The van der Waals surface area contributed by atoms with Gasteiger partial charge in [0.15, 0.2) is 5.78 Å². The number of hydrogen-bond acceptors (Lipinski definition) is 7. The van der Waals surface area contributed by atoms with Crippen LogP contribution in [0.25, 0.3) is 0 Å². The van der Waals surface area contributed by atoms with Crippen LogP contribution < -0.4 is 4.90 Å². The lowest BCUT2D eigenvalue weighted by atomic mass is 9.86. The van der Waals surface area contributed by atoms with Gasteiger partial charge < -0.3 is 0 Å². The normalized spacial score (nSPS) is 25.8. The molecular weight excluding hydrogens is 480 g/mol. The third kappa shape index (κ3) is 2.98. The molecule has 2 aromatic rings. The first-order valence-electron chi connectivity index (χ1n) is 9.79. The smallest absolute Gasteiger partial charge is 0.270 e. The van der Waals surface area contributed by atoms with Crippen LogP contribution >= 0.6 is 15.9 Å². The largest absolute Gasteiger partial charge is 0.292 e. The van der Waals surface area contributed by atoms with E-state index in [1.807, 2.05) is 0 Å². The molecule has 0 aliphatic carbocycles. The van der Waals surface area contributed by atoms with Crippen LogP contribution in [-0.2, 0) is 9.59 Å². The number of hydrazone groups is 1. The minimum atomic E-state index is -1.05. The summed E-state index contributed by atoms with van der Waals surface area (Å²) in [4.78, 5) is 52.1. The van der Waals surface area contributed by atoms with Crippen LogP contribution in [0.5, 0.6) is 0 Å². The highest BCUT2D eigenvalue weighted by atomic mass is 79.9. The monoisotopic (exact) mass is 494 g/mol. The van der Waals surface area contributed by atoms with Crippen molar-refractivity contribution in [1.82, 2.24) is 5.01 Å². The van der Waals surface area contributed by atoms with Crippen LogP contribution in [0.1, 0.15) is 10.4 Å². The number of halogens is 1. The first kappa shape index (κ1) is 20.3. The third-order valence-corrected chi connectivity index (χ3v) is 6.51. The Balaban J connectivity index is 1.57. The van der Waals surface area contributed by atoms with Crippen molar-refractivity contribution in [1.29, 1.82) is 0 Å². The average Bonchev–Trinajstić information content (AvgIpc) is 3.27. The van der Waals surface area contributed by atoms with Gasteiger partial charge in [0.05, 0.1) is 28.5 Å². The molecule has 9 nitrogen and oxygen atoms in total. The molecule has 0 radical (unpaired) electrons. The number of hydrogen-bond donors (Lipinski definition) is 0. The van der Waals surface area contributed by atoms with E-state index in [2.05, 4.69) is 21.0 Å². The highest BCUT2D eigenvalue weighted by Crippen LogP contribution is 2.46. The first-order valence-corrected chi connectivity index (χ1v) is 10.6. The number of rotatable bonds is 4. The Hall–Kier alpha value is -3.66. The average molecular weight is 495 g/mol. The zero-order chi connectivity index (χ0) is 22.6. The van der Waals surface area contributed by atoms with Gasteiger partial charge >= 0.3 is 0 Å². The number of nitro groups is 1. The fraction of sp³-hybridized carbons (Fsp3) is 0.182. The number of fused-ring (bicyclic) bond motifs is 3. The van der Waals surface area contributed by atoms with Gasteiger partial charge in [0, 0.05) is 28.4 Å². The van der Waals surface area contributed by atoms with Gasteiger partial charge in [-0.3, -0.25) is 29.5 Å². The van der Waals surface area contributed by atoms with Crippen LogP contribution in [0.2, 0.25) is 0 Å². The zero-order valence-corrected chi connectivity index (χ0v) is 18.0. The molecule has 2 aromatic carbocycles. The Labute approximate surface area is 190 Å². The highest BCUT2D eigenvalue weighted by molar-refractivity contribution is 9.10. The third-order valence-electron chi connectivity index (χ3n) is 5.99. The van der Waals surface area contributed by atoms with E-state index in [1.54, 1.807) is 36.4 Å². The van der Waals surface area contributed by atoms with Crippen molar-refractivity contribution >= 4 is 51.1 Å². The fourth-order valence-electron chi connectivity index (χ4n) is 4.63. The van der Waals surface area contributed by atoms with E-state index in [4.69, 9.17) is 0 Å². The highest BCUT2D eigenvalue weighted by Gasteiger charge is 2.64. The summed E-state index contributed by atoms with van der Waals surface area (Å²) in [6, 6.07) is 10.5. The number of amides is 2. The summed E-state index contributed by atoms with van der Waals surface area (Å²) < 4.78 is 0.801. The Morgan fingerprint density at radius 2 is 1.78 bits per heavy atom. The van der Waals surface area contributed by atoms with Crippen molar-refractivity contribution in [2.75, 3.05) is 4.90 Å². The Kier molecular flexibility index (Phi) is 4.74. The molecular formula is C22H15BrN4O5. The van der Waals surface area contributed by atoms with Crippen LogP contribution in [0, 0.1) is 22.0 Å². The topological polar surface area (TPSA) is 113 Å². The summed E-state index contributed by atoms with van der Waals surface area (Å²) in [6.45, 7) is 0. The van der Waals surface area contributed by atoms with Crippen molar-refractivity contribution < 1.29 is 19.3 Å². The molecule has 3 aliphatic rings. The summed E-state index contributed by atoms with van der Waals surface area (Å²) in [5.74, 6) is -3.11. The lowest BCUT2D eigenvalue weighted by molar-refractivity contribution is -0.384. The van der Waals surface area contributed by atoms with E-state index in [9.17, 15) is 24.5 Å². The van der Waals surface area contributed by atoms with Crippen molar-refractivity contribution in [2.45, 2.75) is 12.1 Å². The van der Waals surface area contributed by atoms with Crippen LogP contribution in [0.15, 0.2) is 70.3 Å². The maximum Gasteiger partial charge on any atom is 0.270 e.